The van der Waals surface area contributed by atoms with E-state index in [0.717, 1.165) is 13.0 Å². The van der Waals surface area contributed by atoms with Gasteiger partial charge in [-0.15, -0.1) is 24.8 Å². The van der Waals surface area contributed by atoms with E-state index in [1.807, 2.05) is 0 Å². The SMILES string of the molecule is Cl.Cl.O=C(NCc1nc2ccc(F)cc2[nH]1)C1CCN1. The number of aromatic nitrogens is 2. The third-order valence-electron chi connectivity index (χ3n) is 3.06. The number of rotatable bonds is 3. The Morgan fingerprint density at radius 1 is 1.45 bits per heavy atom. The normalized spacial score (nSPS) is 16.8. The first kappa shape index (κ1) is 16.7. The molecule has 0 saturated carbocycles. The van der Waals surface area contributed by atoms with Crippen molar-refractivity contribution >= 4 is 41.8 Å². The minimum absolute atomic E-state index is 0. The number of imidazole rings is 1. The highest BCUT2D eigenvalue weighted by molar-refractivity contribution is 5.85. The maximum atomic E-state index is 13.0. The number of amides is 1. The number of nitrogens with one attached hydrogen (secondary N) is 3. The van der Waals surface area contributed by atoms with Gasteiger partial charge < -0.3 is 15.6 Å². The van der Waals surface area contributed by atoms with Crippen LogP contribution in [0.2, 0.25) is 0 Å². The molecule has 1 aliphatic heterocycles. The molecule has 1 amide bonds. The molecule has 5 nitrogen and oxygen atoms in total. The number of halogens is 3. The summed E-state index contributed by atoms with van der Waals surface area (Å²) in [7, 11) is 0. The molecule has 110 valence electrons. The van der Waals surface area contributed by atoms with Crippen LogP contribution in [0.25, 0.3) is 11.0 Å². The quantitative estimate of drug-likeness (QED) is 0.803. The number of hydrogen-bond acceptors (Lipinski definition) is 3. The molecule has 0 bridgehead atoms. The lowest BCUT2D eigenvalue weighted by atomic mass is 10.1. The molecule has 3 N–H and O–H groups in total. The van der Waals surface area contributed by atoms with Gasteiger partial charge in [-0.1, -0.05) is 0 Å². The van der Waals surface area contributed by atoms with Crippen molar-refractivity contribution in [3.63, 3.8) is 0 Å². The molecule has 3 rings (SSSR count). The van der Waals surface area contributed by atoms with E-state index in [0.29, 0.717) is 23.4 Å². The van der Waals surface area contributed by atoms with Crippen molar-refractivity contribution in [2.45, 2.75) is 19.0 Å². The number of H-pyrrole nitrogens is 1. The number of hydrogen-bond donors (Lipinski definition) is 3. The fourth-order valence-corrected chi connectivity index (χ4v) is 1.92. The molecule has 8 heteroatoms. The Hall–Kier alpha value is -1.37. The summed E-state index contributed by atoms with van der Waals surface area (Å²) >= 11 is 0. The van der Waals surface area contributed by atoms with Gasteiger partial charge in [0, 0.05) is 0 Å². The second-order valence-corrected chi connectivity index (χ2v) is 4.36. The zero-order valence-corrected chi connectivity index (χ0v) is 12.1. The molecular weight excluding hydrogens is 306 g/mol. The predicted molar refractivity (Wildman–Crippen MR) is 78.8 cm³/mol. The standard InChI is InChI=1S/C12H13FN4O.2ClH/c13-7-1-2-8-10(5-7)17-11(16-8)6-15-12(18)9-3-4-14-9;;/h1-2,5,9,14H,3-4,6H2,(H,15,18)(H,16,17);2*1H. The largest absolute Gasteiger partial charge is 0.348 e. The molecule has 0 aliphatic carbocycles. The van der Waals surface area contributed by atoms with Crippen LogP contribution in [0, 0.1) is 5.82 Å². The zero-order valence-electron chi connectivity index (χ0n) is 10.5. The molecule has 1 aromatic carbocycles. The first-order valence-corrected chi connectivity index (χ1v) is 5.87. The number of benzene rings is 1. The third kappa shape index (κ3) is 3.39. The molecule has 1 unspecified atom stereocenters. The van der Waals surface area contributed by atoms with Crippen molar-refractivity contribution in [3.8, 4) is 0 Å². The number of aromatic amines is 1. The van der Waals surface area contributed by atoms with E-state index >= 15 is 0 Å². The van der Waals surface area contributed by atoms with E-state index in [1.54, 1.807) is 6.07 Å². The van der Waals surface area contributed by atoms with Gasteiger partial charge in [0.15, 0.2) is 0 Å². The van der Waals surface area contributed by atoms with Gasteiger partial charge in [0.2, 0.25) is 5.91 Å². The summed E-state index contributed by atoms with van der Waals surface area (Å²) in [6.45, 7) is 1.22. The first-order valence-electron chi connectivity index (χ1n) is 5.87. The maximum absolute atomic E-state index is 13.0. The van der Waals surface area contributed by atoms with Crippen LogP contribution >= 0.6 is 24.8 Å². The lowest BCUT2D eigenvalue weighted by molar-refractivity contribution is -0.124. The van der Waals surface area contributed by atoms with Gasteiger partial charge in [0.05, 0.1) is 23.6 Å². The van der Waals surface area contributed by atoms with Crippen LogP contribution in [0.1, 0.15) is 12.2 Å². The van der Waals surface area contributed by atoms with E-state index in [9.17, 15) is 9.18 Å². The van der Waals surface area contributed by atoms with Crippen LogP contribution in [0.4, 0.5) is 4.39 Å². The molecular formula is C12H15Cl2FN4O. The lowest BCUT2D eigenvalue weighted by Crippen LogP contribution is -2.53. The third-order valence-corrected chi connectivity index (χ3v) is 3.06. The minimum Gasteiger partial charge on any atom is -0.348 e. The Morgan fingerprint density at radius 2 is 2.20 bits per heavy atom. The molecule has 1 aliphatic rings. The monoisotopic (exact) mass is 320 g/mol. The Balaban J connectivity index is 0.000001000. The van der Waals surface area contributed by atoms with Gasteiger partial charge in [0.25, 0.3) is 0 Å². The van der Waals surface area contributed by atoms with Crippen molar-refractivity contribution < 1.29 is 9.18 Å². The Kier molecular flexibility index (Phi) is 5.74. The highest BCUT2D eigenvalue weighted by Crippen LogP contribution is 2.12. The Labute approximate surface area is 127 Å². The molecule has 0 spiro atoms. The molecule has 2 aromatic rings. The Bertz CT molecular complexity index is 600. The number of carbonyl (C=O) groups is 1. The fourth-order valence-electron chi connectivity index (χ4n) is 1.92. The molecule has 2 heterocycles. The average molecular weight is 321 g/mol. The van der Waals surface area contributed by atoms with Crippen molar-refractivity contribution in [1.29, 1.82) is 0 Å². The van der Waals surface area contributed by atoms with Crippen molar-refractivity contribution in [1.82, 2.24) is 20.6 Å². The Morgan fingerprint density at radius 3 is 2.85 bits per heavy atom. The average Bonchev–Trinajstić information content (AvgIpc) is 2.65. The van der Waals surface area contributed by atoms with Gasteiger partial charge in [-0.3, -0.25) is 4.79 Å². The van der Waals surface area contributed by atoms with Crippen LogP contribution < -0.4 is 10.6 Å². The highest BCUT2D eigenvalue weighted by Gasteiger charge is 2.24. The van der Waals surface area contributed by atoms with E-state index in [4.69, 9.17) is 0 Å². The van der Waals surface area contributed by atoms with Gasteiger partial charge in [-0.05, 0) is 31.2 Å². The zero-order chi connectivity index (χ0) is 12.5. The van der Waals surface area contributed by atoms with Crippen molar-refractivity contribution in [2.24, 2.45) is 0 Å². The van der Waals surface area contributed by atoms with Crippen molar-refractivity contribution in [3.05, 3.63) is 29.8 Å². The van der Waals surface area contributed by atoms with Gasteiger partial charge in [-0.25, -0.2) is 9.37 Å². The fraction of sp³-hybridized carbons (Fsp3) is 0.333. The molecule has 1 aromatic heterocycles. The van der Waals surface area contributed by atoms with Crippen LogP contribution in [0.3, 0.4) is 0 Å². The number of nitrogens with zero attached hydrogens (tertiary/aromatic N) is 1. The van der Waals surface area contributed by atoms with Crippen molar-refractivity contribution in [2.75, 3.05) is 6.54 Å². The minimum atomic E-state index is -0.305. The molecule has 1 fully saturated rings. The van der Waals surface area contributed by atoms with E-state index in [-0.39, 0.29) is 42.6 Å². The maximum Gasteiger partial charge on any atom is 0.237 e. The molecule has 0 radical (unpaired) electrons. The van der Waals surface area contributed by atoms with Crippen LogP contribution in [0.5, 0.6) is 0 Å². The van der Waals surface area contributed by atoms with Crippen LogP contribution in [0.15, 0.2) is 18.2 Å². The molecule has 1 atom stereocenters. The predicted octanol–water partition coefficient (Wildman–Crippen LogP) is 1.52. The topological polar surface area (TPSA) is 69.8 Å². The molecule has 1 saturated heterocycles. The smallest absolute Gasteiger partial charge is 0.237 e. The van der Waals surface area contributed by atoms with E-state index in [2.05, 4.69) is 20.6 Å². The second kappa shape index (κ2) is 6.88. The summed E-state index contributed by atoms with van der Waals surface area (Å²) in [6, 6.07) is 4.29. The summed E-state index contributed by atoms with van der Waals surface area (Å²) in [5.74, 6) is 0.302. The summed E-state index contributed by atoms with van der Waals surface area (Å²) in [6.07, 6.45) is 0.872. The number of carbonyl (C=O) groups excluding carboxylic acids is 1. The number of fused-ring (bicyclic) bond motifs is 1. The summed E-state index contributed by atoms with van der Waals surface area (Å²) in [4.78, 5) is 18.8. The van der Waals surface area contributed by atoms with Crippen LogP contribution in [-0.2, 0) is 11.3 Å². The van der Waals surface area contributed by atoms with E-state index in [1.165, 1.54) is 12.1 Å². The van der Waals surface area contributed by atoms with Gasteiger partial charge in [0.1, 0.15) is 11.6 Å². The second-order valence-electron chi connectivity index (χ2n) is 4.36. The summed E-state index contributed by atoms with van der Waals surface area (Å²) < 4.78 is 13.0. The van der Waals surface area contributed by atoms with Gasteiger partial charge >= 0.3 is 0 Å². The van der Waals surface area contributed by atoms with E-state index < -0.39 is 0 Å². The first-order chi connectivity index (χ1) is 8.72. The summed E-state index contributed by atoms with van der Waals surface area (Å²) in [5, 5.41) is 5.81. The summed E-state index contributed by atoms with van der Waals surface area (Å²) in [5.41, 5.74) is 1.34. The highest BCUT2D eigenvalue weighted by atomic mass is 35.5. The lowest BCUT2D eigenvalue weighted by Gasteiger charge is -2.25. The molecule has 20 heavy (non-hydrogen) atoms. The van der Waals surface area contributed by atoms with Crippen LogP contribution in [-0.4, -0.2) is 28.5 Å². The van der Waals surface area contributed by atoms with Gasteiger partial charge in [-0.2, -0.15) is 0 Å².